The molecule has 0 aliphatic carbocycles. The Balaban J connectivity index is 2.73. The number of aliphatic hydroxyl groups excluding tert-OH is 1. The summed E-state index contributed by atoms with van der Waals surface area (Å²) in [4.78, 5) is 11.0. The monoisotopic (exact) mass is 252 g/mol. The van der Waals surface area contributed by atoms with Gasteiger partial charge in [-0.2, -0.15) is 5.10 Å². The van der Waals surface area contributed by atoms with E-state index in [1.165, 1.54) is 20.2 Å². The Morgan fingerprint density at radius 1 is 1.39 bits per heavy atom. The zero-order valence-electron chi connectivity index (χ0n) is 10.5. The molecular weight excluding hydrogens is 236 g/mol. The van der Waals surface area contributed by atoms with Gasteiger partial charge in [-0.25, -0.2) is 5.43 Å². The molecule has 0 bridgehead atoms. The van der Waals surface area contributed by atoms with Gasteiger partial charge in [-0.1, -0.05) is 0 Å². The van der Waals surface area contributed by atoms with Crippen molar-refractivity contribution in [2.75, 3.05) is 14.2 Å². The minimum atomic E-state index is -1.09. The van der Waals surface area contributed by atoms with Crippen LogP contribution in [0.15, 0.2) is 23.3 Å². The lowest BCUT2D eigenvalue weighted by Gasteiger charge is -2.07. The highest BCUT2D eigenvalue weighted by atomic mass is 16.5. The first-order chi connectivity index (χ1) is 8.58. The summed E-state index contributed by atoms with van der Waals surface area (Å²) < 4.78 is 10.2. The average molecular weight is 252 g/mol. The van der Waals surface area contributed by atoms with E-state index < -0.39 is 12.0 Å². The quantitative estimate of drug-likeness (QED) is 0.592. The number of rotatable bonds is 5. The van der Waals surface area contributed by atoms with Gasteiger partial charge in [0.25, 0.3) is 5.91 Å². The molecule has 0 aliphatic rings. The summed E-state index contributed by atoms with van der Waals surface area (Å²) in [6, 6.07) is 5.22. The third-order valence-electron chi connectivity index (χ3n) is 2.18. The minimum Gasteiger partial charge on any atom is -0.493 e. The molecule has 0 aromatic heterocycles. The van der Waals surface area contributed by atoms with E-state index in [-0.39, 0.29) is 0 Å². The van der Waals surface area contributed by atoms with Crippen LogP contribution >= 0.6 is 0 Å². The summed E-state index contributed by atoms with van der Waals surface area (Å²) in [5, 5.41) is 12.7. The molecule has 0 heterocycles. The van der Waals surface area contributed by atoms with Gasteiger partial charge in [-0.05, 0) is 30.7 Å². The first-order valence-electron chi connectivity index (χ1n) is 5.31. The fourth-order valence-corrected chi connectivity index (χ4v) is 1.20. The topological polar surface area (TPSA) is 80.2 Å². The van der Waals surface area contributed by atoms with Crippen LogP contribution in [0.1, 0.15) is 12.5 Å². The minimum absolute atomic E-state index is 0.563. The lowest BCUT2D eigenvalue weighted by atomic mass is 10.2. The molecule has 1 atom stereocenters. The largest absolute Gasteiger partial charge is 0.493 e. The summed E-state index contributed by atoms with van der Waals surface area (Å²) >= 11 is 0. The van der Waals surface area contributed by atoms with Crippen LogP contribution < -0.4 is 14.9 Å². The molecule has 1 unspecified atom stereocenters. The number of nitrogens with one attached hydrogen (secondary N) is 1. The normalized spacial score (nSPS) is 12.2. The first kappa shape index (κ1) is 14.0. The second-order valence-corrected chi connectivity index (χ2v) is 3.52. The Hall–Kier alpha value is -2.08. The van der Waals surface area contributed by atoms with E-state index in [2.05, 4.69) is 10.5 Å². The summed E-state index contributed by atoms with van der Waals surface area (Å²) in [5.74, 6) is 0.623. The van der Waals surface area contributed by atoms with Crippen molar-refractivity contribution in [1.82, 2.24) is 5.43 Å². The molecule has 0 fully saturated rings. The summed E-state index contributed by atoms with van der Waals surface area (Å²) in [6.07, 6.45) is 0.356. The molecule has 0 saturated heterocycles. The highest BCUT2D eigenvalue weighted by molar-refractivity contribution is 5.84. The highest BCUT2D eigenvalue weighted by Crippen LogP contribution is 2.26. The van der Waals surface area contributed by atoms with Gasteiger partial charge in [0.05, 0.1) is 20.4 Å². The predicted octanol–water partition coefficient (Wildman–Crippen LogP) is 0.535. The van der Waals surface area contributed by atoms with Crippen molar-refractivity contribution in [3.8, 4) is 11.5 Å². The lowest BCUT2D eigenvalue weighted by molar-refractivity contribution is -0.128. The Bertz CT molecular complexity index is 444. The molecule has 2 N–H and O–H groups in total. The van der Waals surface area contributed by atoms with Gasteiger partial charge in [-0.15, -0.1) is 0 Å². The SMILES string of the molecule is COc1ccc(/C=N/NC(=O)C(C)O)cc1OC. The van der Waals surface area contributed by atoms with E-state index in [0.717, 1.165) is 5.56 Å². The number of hydrogen-bond acceptors (Lipinski definition) is 5. The zero-order chi connectivity index (χ0) is 13.5. The van der Waals surface area contributed by atoms with Crippen molar-refractivity contribution in [2.24, 2.45) is 5.10 Å². The van der Waals surface area contributed by atoms with Crippen LogP contribution in [0.5, 0.6) is 11.5 Å². The molecule has 0 aliphatic heterocycles. The number of amides is 1. The standard InChI is InChI=1S/C12H16N2O4/c1-8(15)12(16)14-13-7-9-4-5-10(17-2)11(6-9)18-3/h4-8,15H,1-3H3,(H,14,16)/b13-7+. The van der Waals surface area contributed by atoms with Crippen LogP contribution in [0.2, 0.25) is 0 Å². The van der Waals surface area contributed by atoms with Crippen LogP contribution in [0, 0.1) is 0 Å². The van der Waals surface area contributed by atoms with Crippen molar-refractivity contribution in [3.63, 3.8) is 0 Å². The van der Waals surface area contributed by atoms with E-state index in [4.69, 9.17) is 14.6 Å². The van der Waals surface area contributed by atoms with Crippen LogP contribution in [0.25, 0.3) is 0 Å². The predicted molar refractivity (Wildman–Crippen MR) is 67.0 cm³/mol. The maximum Gasteiger partial charge on any atom is 0.268 e. The van der Waals surface area contributed by atoms with Gasteiger partial charge in [0.2, 0.25) is 0 Å². The van der Waals surface area contributed by atoms with Gasteiger partial charge in [0.15, 0.2) is 11.5 Å². The molecule has 6 heteroatoms. The summed E-state index contributed by atoms with van der Waals surface area (Å²) in [6.45, 7) is 1.36. The van der Waals surface area contributed by atoms with Gasteiger partial charge in [0.1, 0.15) is 6.10 Å². The second-order valence-electron chi connectivity index (χ2n) is 3.52. The molecule has 1 aromatic carbocycles. The van der Waals surface area contributed by atoms with Crippen LogP contribution in [-0.4, -0.2) is 37.6 Å². The van der Waals surface area contributed by atoms with Crippen molar-refractivity contribution in [1.29, 1.82) is 0 Å². The number of methoxy groups -OCH3 is 2. The summed E-state index contributed by atoms with van der Waals surface area (Å²) in [5.41, 5.74) is 2.94. The molecule has 1 amide bonds. The number of carbonyl (C=O) groups excluding carboxylic acids is 1. The third-order valence-corrected chi connectivity index (χ3v) is 2.18. The van der Waals surface area contributed by atoms with Gasteiger partial charge in [-0.3, -0.25) is 4.79 Å². The highest BCUT2D eigenvalue weighted by Gasteiger charge is 2.06. The second kappa shape index (κ2) is 6.61. The molecule has 0 saturated carbocycles. The Morgan fingerprint density at radius 2 is 2.06 bits per heavy atom. The van der Waals surface area contributed by atoms with Gasteiger partial charge >= 0.3 is 0 Å². The number of nitrogens with zero attached hydrogens (tertiary/aromatic N) is 1. The molecule has 1 aromatic rings. The van der Waals surface area contributed by atoms with E-state index in [0.29, 0.717) is 11.5 Å². The number of hydrogen-bond donors (Lipinski definition) is 2. The maximum atomic E-state index is 11.0. The Kier molecular flexibility index (Phi) is 5.13. The van der Waals surface area contributed by atoms with E-state index >= 15 is 0 Å². The van der Waals surface area contributed by atoms with Crippen molar-refractivity contribution in [3.05, 3.63) is 23.8 Å². The van der Waals surface area contributed by atoms with Crippen LogP contribution in [0.4, 0.5) is 0 Å². The molecule has 1 rings (SSSR count). The molecule has 6 nitrogen and oxygen atoms in total. The first-order valence-corrected chi connectivity index (χ1v) is 5.31. The van der Waals surface area contributed by atoms with Gasteiger partial charge < -0.3 is 14.6 Å². The molecule has 0 radical (unpaired) electrons. The number of aliphatic hydroxyl groups is 1. The fourth-order valence-electron chi connectivity index (χ4n) is 1.20. The summed E-state index contributed by atoms with van der Waals surface area (Å²) in [7, 11) is 3.09. The van der Waals surface area contributed by atoms with E-state index in [1.807, 2.05) is 0 Å². The van der Waals surface area contributed by atoms with Crippen molar-refractivity contribution < 1.29 is 19.4 Å². The van der Waals surface area contributed by atoms with Crippen molar-refractivity contribution >= 4 is 12.1 Å². The van der Waals surface area contributed by atoms with Crippen LogP contribution in [0.3, 0.4) is 0 Å². The molecular formula is C12H16N2O4. The Morgan fingerprint density at radius 3 is 2.61 bits per heavy atom. The lowest BCUT2D eigenvalue weighted by Crippen LogP contribution is -2.28. The van der Waals surface area contributed by atoms with E-state index in [9.17, 15) is 4.79 Å². The maximum absolute atomic E-state index is 11.0. The van der Waals surface area contributed by atoms with Crippen molar-refractivity contribution in [2.45, 2.75) is 13.0 Å². The average Bonchev–Trinajstić information content (AvgIpc) is 2.38. The fraction of sp³-hybridized carbons (Fsp3) is 0.333. The smallest absolute Gasteiger partial charge is 0.268 e. The number of carbonyl (C=O) groups is 1. The van der Waals surface area contributed by atoms with Crippen LogP contribution in [-0.2, 0) is 4.79 Å². The zero-order valence-corrected chi connectivity index (χ0v) is 10.5. The number of benzene rings is 1. The number of hydrazone groups is 1. The van der Waals surface area contributed by atoms with Gasteiger partial charge in [0, 0.05) is 0 Å². The molecule has 98 valence electrons. The molecule has 0 spiro atoms. The van der Waals surface area contributed by atoms with E-state index in [1.54, 1.807) is 25.3 Å². The molecule has 18 heavy (non-hydrogen) atoms. The number of ether oxygens (including phenoxy) is 2. The third kappa shape index (κ3) is 3.74. The Labute approximate surface area is 105 Å².